The van der Waals surface area contributed by atoms with Crippen LogP contribution in [0.25, 0.3) is 21.6 Å². The number of anilines is 1. The summed E-state index contributed by atoms with van der Waals surface area (Å²) in [6.07, 6.45) is 7.70. The number of hydrogen-bond donors (Lipinski definition) is 2. The Balaban J connectivity index is 1.28. The zero-order valence-corrected chi connectivity index (χ0v) is 25.4. The molecule has 0 bridgehead atoms. The summed E-state index contributed by atoms with van der Waals surface area (Å²) in [7, 11) is -3.86. The Morgan fingerprint density at radius 3 is 2.57 bits per heavy atom. The number of carbonyl (C=O) groups is 1. The van der Waals surface area contributed by atoms with Crippen LogP contribution in [-0.2, 0) is 21.2 Å². The topological polar surface area (TPSA) is 117 Å². The summed E-state index contributed by atoms with van der Waals surface area (Å²) >= 11 is 1.50. The van der Waals surface area contributed by atoms with Gasteiger partial charge in [0.1, 0.15) is 5.01 Å². The molecule has 0 spiro atoms. The first-order valence-corrected chi connectivity index (χ1v) is 17.0. The van der Waals surface area contributed by atoms with Gasteiger partial charge in [0.25, 0.3) is 10.0 Å². The van der Waals surface area contributed by atoms with Crippen LogP contribution in [0.3, 0.4) is 0 Å². The Labute approximate surface area is 249 Å². The van der Waals surface area contributed by atoms with Gasteiger partial charge in [0.2, 0.25) is 5.91 Å². The van der Waals surface area contributed by atoms with Crippen molar-refractivity contribution < 1.29 is 18.3 Å². The van der Waals surface area contributed by atoms with Gasteiger partial charge in [-0.1, -0.05) is 24.6 Å². The van der Waals surface area contributed by atoms with Crippen molar-refractivity contribution in [1.29, 1.82) is 0 Å². The minimum atomic E-state index is -3.86. The maximum Gasteiger partial charge on any atom is 0.269 e. The first kappa shape index (κ1) is 27.5. The molecule has 4 atom stereocenters. The van der Waals surface area contributed by atoms with Gasteiger partial charge in [-0.3, -0.25) is 4.79 Å². The van der Waals surface area contributed by atoms with E-state index in [0.717, 1.165) is 83.0 Å². The largest absolute Gasteiger partial charge is 0.388 e. The van der Waals surface area contributed by atoms with Crippen molar-refractivity contribution in [3.05, 3.63) is 58.9 Å². The fourth-order valence-electron chi connectivity index (χ4n) is 6.96. The predicted molar refractivity (Wildman–Crippen MR) is 163 cm³/mol. The van der Waals surface area contributed by atoms with Gasteiger partial charge in [-0.2, -0.15) is 0 Å². The van der Waals surface area contributed by atoms with Gasteiger partial charge < -0.3 is 15.3 Å². The third-order valence-corrected chi connectivity index (χ3v) is 12.1. The highest BCUT2D eigenvalue weighted by Gasteiger charge is 2.42. The molecule has 2 N–H and O–H groups in total. The second-order valence-corrected chi connectivity index (χ2v) is 14.8. The number of nitrogens with one attached hydrogen (secondary N) is 1. The summed E-state index contributed by atoms with van der Waals surface area (Å²) in [4.78, 5) is 25.0. The SMILES string of the molecule is CCC(=O)N1C[C@H]2CC(Nc3c(-c4nc5c(s4)C(O)CCC5)cnc4c3ccn4S(=O)(=O)c3ccc(C)cc3)C[C@H]2C1. The van der Waals surface area contributed by atoms with Crippen LogP contribution in [0.15, 0.2) is 47.6 Å². The van der Waals surface area contributed by atoms with E-state index >= 15 is 0 Å². The number of thiazole rings is 1. The average molecular weight is 606 g/mol. The Kier molecular flexibility index (Phi) is 6.86. The molecule has 2 aliphatic carbocycles. The fraction of sp³-hybridized carbons (Fsp3) is 0.452. The number of pyridine rings is 1. The summed E-state index contributed by atoms with van der Waals surface area (Å²) < 4.78 is 28.6. The minimum absolute atomic E-state index is 0.181. The molecule has 4 heterocycles. The molecular weight excluding hydrogens is 571 g/mol. The Hall–Kier alpha value is -3.28. The van der Waals surface area contributed by atoms with Crippen LogP contribution in [0, 0.1) is 18.8 Å². The van der Waals surface area contributed by atoms with Crippen molar-refractivity contribution in [1.82, 2.24) is 18.8 Å². The normalized spacial score (nSPS) is 23.7. The maximum absolute atomic E-state index is 13.7. The molecule has 4 aromatic rings. The predicted octanol–water partition coefficient (Wildman–Crippen LogP) is 5.13. The van der Waals surface area contributed by atoms with Crippen molar-refractivity contribution >= 4 is 44.0 Å². The van der Waals surface area contributed by atoms with Crippen LogP contribution in [-0.4, -0.2) is 57.4 Å². The second-order valence-electron chi connectivity index (χ2n) is 11.9. The molecule has 1 aromatic carbocycles. The van der Waals surface area contributed by atoms with Gasteiger partial charge >= 0.3 is 0 Å². The number of aromatic nitrogens is 3. The molecule has 1 saturated heterocycles. The van der Waals surface area contributed by atoms with Crippen molar-refractivity contribution in [2.45, 2.75) is 69.4 Å². The molecular formula is C31H35N5O4S2. The number of nitrogens with zero attached hydrogens (tertiary/aromatic N) is 4. The van der Waals surface area contributed by atoms with Crippen molar-refractivity contribution in [3.8, 4) is 10.6 Å². The lowest BCUT2D eigenvalue weighted by Gasteiger charge is -2.21. The standard InChI is InChI=1S/C31H35N5O4S2/c1-3-27(38)35-16-19-13-21(14-20(19)17-35)33-28-23-11-12-36(42(39,40)22-9-7-18(2)8-10-22)30(23)32-15-24(28)31-34-25-5-4-6-26(37)29(25)41-31/h7-12,15,19-21,26,37H,3-6,13-14,16-17H2,1-2H3,(H,32,33)/t19-,20+,21?,26?. The molecule has 0 radical (unpaired) electrons. The summed E-state index contributed by atoms with van der Waals surface area (Å²) in [6.45, 7) is 5.44. The number of carbonyl (C=O) groups excluding carboxylic acids is 1. The van der Waals surface area contributed by atoms with E-state index in [1.165, 1.54) is 15.3 Å². The molecule has 11 heteroatoms. The number of amides is 1. The molecule has 3 aliphatic rings. The zero-order valence-electron chi connectivity index (χ0n) is 23.8. The zero-order chi connectivity index (χ0) is 29.2. The summed E-state index contributed by atoms with van der Waals surface area (Å²) in [6, 6.07) is 8.84. The van der Waals surface area contributed by atoms with Crippen molar-refractivity contribution in [2.75, 3.05) is 18.4 Å². The number of hydrogen-bond acceptors (Lipinski definition) is 8. The average Bonchev–Trinajstić information content (AvgIpc) is 3.75. The van der Waals surface area contributed by atoms with E-state index < -0.39 is 16.1 Å². The number of aliphatic hydroxyl groups excluding tert-OH is 1. The number of likely N-dealkylation sites (tertiary alicyclic amines) is 1. The van der Waals surface area contributed by atoms with Crippen LogP contribution in [0.4, 0.5) is 5.69 Å². The maximum atomic E-state index is 13.7. The first-order chi connectivity index (χ1) is 20.2. The highest BCUT2D eigenvalue weighted by Crippen LogP contribution is 2.45. The van der Waals surface area contributed by atoms with Gasteiger partial charge in [0.15, 0.2) is 5.65 Å². The minimum Gasteiger partial charge on any atom is -0.388 e. The Morgan fingerprint density at radius 2 is 1.88 bits per heavy atom. The van der Waals surface area contributed by atoms with Crippen LogP contribution in [0.5, 0.6) is 0 Å². The third-order valence-electron chi connectivity index (χ3n) is 9.17. The molecule has 220 valence electrons. The lowest BCUT2D eigenvalue weighted by Crippen LogP contribution is -2.30. The van der Waals surface area contributed by atoms with Gasteiger partial charge in [-0.25, -0.2) is 22.4 Å². The summed E-state index contributed by atoms with van der Waals surface area (Å²) in [5.41, 5.74) is 3.93. The highest BCUT2D eigenvalue weighted by atomic mass is 32.2. The third kappa shape index (κ3) is 4.62. The Morgan fingerprint density at radius 1 is 1.14 bits per heavy atom. The lowest BCUT2D eigenvalue weighted by atomic mass is 10.0. The summed E-state index contributed by atoms with van der Waals surface area (Å²) in [5.74, 6) is 1.12. The van der Waals surface area contributed by atoms with Gasteiger partial charge in [0.05, 0.1) is 32.8 Å². The first-order valence-electron chi connectivity index (χ1n) is 14.8. The fourth-order valence-corrected chi connectivity index (χ4v) is 9.41. The lowest BCUT2D eigenvalue weighted by molar-refractivity contribution is -0.130. The molecule has 1 amide bonds. The summed E-state index contributed by atoms with van der Waals surface area (Å²) in [5, 5.41) is 15.9. The smallest absolute Gasteiger partial charge is 0.269 e. The van der Waals surface area contributed by atoms with E-state index in [-0.39, 0.29) is 16.8 Å². The van der Waals surface area contributed by atoms with E-state index in [1.807, 2.05) is 24.8 Å². The van der Waals surface area contributed by atoms with E-state index in [4.69, 9.17) is 4.98 Å². The molecule has 1 aliphatic heterocycles. The van der Waals surface area contributed by atoms with Crippen molar-refractivity contribution in [2.24, 2.45) is 11.8 Å². The van der Waals surface area contributed by atoms with Crippen LogP contribution in [0.2, 0.25) is 0 Å². The van der Waals surface area contributed by atoms with E-state index in [1.54, 1.807) is 36.7 Å². The van der Waals surface area contributed by atoms with E-state index in [9.17, 15) is 18.3 Å². The molecule has 2 unspecified atom stereocenters. The molecule has 42 heavy (non-hydrogen) atoms. The molecule has 3 aromatic heterocycles. The molecule has 2 fully saturated rings. The van der Waals surface area contributed by atoms with Crippen LogP contribution in [0.1, 0.15) is 61.3 Å². The number of benzene rings is 1. The van der Waals surface area contributed by atoms with E-state index in [0.29, 0.717) is 23.9 Å². The van der Waals surface area contributed by atoms with Gasteiger partial charge in [0, 0.05) is 43.3 Å². The van der Waals surface area contributed by atoms with Gasteiger partial charge in [-0.05, 0) is 69.1 Å². The van der Waals surface area contributed by atoms with E-state index in [2.05, 4.69) is 10.3 Å². The second kappa shape index (κ2) is 10.5. The highest BCUT2D eigenvalue weighted by molar-refractivity contribution is 7.90. The van der Waals surface area contributed by atoms with Crippen LogP contribution < -0.4 is 5.32 Å². The van der Waals surface area contributed by atoms with Gasteiger partial charge in [-0.15, -0.1) is 11.3 Å². The number of aliphatic hydroxyl groups is 1. The number of aryl methyl sites for hydroxylation is 2. The van der Waals surface area contributed by atoms with Crippen LogP contribution >= 0.6 is 11.3 Å². The molecule has 1 saturated carbocycles. The molecule has 7 rings (SSSR count). The number of rotatable bonds is 6. The monoisotopic (exact) mass is 605 g/mol. The quantitative estimate of drug-likeness (QED) is 0.313. The molecule has 9 nitrogen and oxygen atoms in total. The Bertz CT molecular complexity index is 1760. The van der Waals surface area contributed by atoms with Crippen molar-refractivity contribution in [3.63, 3.8) is 0 Å². The number of fused-ring (bicyclic) bond motifs is 3.